The molecule has 1 aliphatic rings. The SMILES string of the molecule is O=C(NCCN1CCCC1)c1c(=O)c2ccc(NCCO)nc2n2c1sc1ccccc12. The number of nitrogens with zero attached hydrogens (tertiary/aromatic N) is 3. The molecule has 4 aromatic rings. The molecule has 1 saturated heterocycles. The molecule has 3 aromatic heterocycles. The third kappa shape index (κ3) is 3.72. The van der Waals surface area contributed by atoms with Crippen LogP contribution in [0.5, 0.6) is 0 Å². The lowest BCUT2D eigenvalue weighted by molar-refractivity contribution is 0.0950. The quantitative estimate of drug-likeness (QED) is 0.399. The Balaban J connectivity index is 1.62. The third-order valence-corrected chi connectivity index (χ3v) is 6.99. The molecule has 0 unspecified atom stereocenters. The summed E-state index contributed by atoms with van der Waals surface area (Å²) < 4.78 is 2.87. The Kier molecular flexibility index (Phi) is 5.77. The second-order valence-electron chi connectivity index (χ2n) is 7.94. The number of hydrogen-bond donors (Lipinski definition) is 3. The predicted molar refractivity (Wildman–Crippen MR) is 128 cm³/mol. The Hall–Kier alpha value is -3.01. The van der Waals surface area contributed by atoms with Crippen molar-refractivity contribution in [3.05, 3.63) is 52.2 Å². The van der Waals surface area contributed by atoms with Crippen molar-refractivity contribution in [1.82, 2.24) is 19.6 Å². The summed E-state index contributed by atoms with van der Waals surface area (Å²) in [6, 6.07) is 11.2. The molecular formula is C23H25N5O3S. The van der Waals surface area contributed by atoms with Gasteiger partial charge in [-0.25, -0.2) is 4.98 Å². The number of hydrogen-bond acceptors (Lipinski definition) is 7. The minimum atomic E-state index is -0.345. The highest BCUT2D eigenvalue weighted by Crippen LogP contribution is 2.31. The first-order chi connectivity index (χ1) is 15.7. The number of thiazole rings is 1. The summed E-state index contributed by atoms with van der Waals surface area (Å²) in [4.78, 5) is 34.2. The van der Waals surface area contributed by atoms with E-state index in [1.54, 1.807) is 12.1 Å². The molecule has 0 bridgehead atoms. The zero-order valence-electron chi connectivity index (χ0n) is 17.6. The van der Waals surface area contributed by atoms with E-state index in [0.29, 0.717) is 34.8 Å². The van der Waals surface area contributed by atoms with Crippen LogP contribution in [0, 0.1) is 0 Å². The summed E-state index contributed by atoms with van der Waals surface area (Å²) in [6.07, 6.45) is 2.40. The number of carbonyl (C=O) groups excluding carboxylic acids is 1. The van der Waals surface area contributed by atoms with Crippen LogP contribution in [0.3, 0.4) is 0 Å². The van der Waals surface area contributed by atoms with E-state index in [9.17, 15) is 9.59 Å². The van der Waals surface area contributed by atoms with Crippen molar-refractivity contribution in [3.63, 3.8) is 0 Å². The van der Waals surface area contributed by atoms with Crippen molar-refractivity contribution in [1.29, 1.82) is 0 Å². The highest BCUT2D eigenvalue weighted by molar-refractivity contribution is 7.24. The predicted octanol–water partition coefficient (Wildman–Crippen LogP) is 2.29. The number of benzene rings is 1. The van der Waals surface area contributed by atoms with Gasteiger partial charge in [-0.3, -0.25) is 14.0 Å². The molecule has 1 fully saturated rings. The minimum Gasteiger partial charge on any atom is -0.395 e. The molecule has 9 heteroatoms. The number of aliphatic hydroxyl groups is 1. The average Bonchev–Trinajstić information content (AvgIpc) is 3.45. The van der Waals surface area contributed by atoms with Gasteiger partial charge in [0.2, 0.25) is 5.43 Å². The van der Waals surface area contributed by atoms with Gasteiger partial charge in [0.1, 0.15) is 16.2 Å². The maximum Gasteiger partial charge on any atom is 0.258 e. The molecule has 1 aromatic carbocycles. The molecule has 0 saturated carbocycles. The van der Waals surface area contributed by atoms with Crippen LogP contribution in [0.1, 0.15) is 23.2 Å². The van der Waals surface area contributed by atoms with Gasteiger partial charge in [-0.05, 0) is 50.2 Å². The fourth-order valence-corrected chi connectivity index (χ4v) is 5.48. The molecule has 5 rings (SSSR count). The number of amides is 1. The van der Waals surface area contributed by atoms with Gasteiger partial charge >= 0.3 is 0 Å². The van der Waals surface area contributed by atoms with E-state index >= 15 is 0 Å². The topological polar surface area (TPSA) is 99.0 Å². The first-order valence-electron chi connectivity index (χ1n) is 10.9. The molecule has 166 valence electrons. The van der Waals surface area contributed by atoms with Gasteiger partial charge in [0.05, 0.1) is 22.2 Å². The second-order valence-corrected chi connectivity index (χ2v) is 8.97. The third-order valence-electron chi connectivity index (χ3n) is 5.85. The summed E-state index contributed by atoms with van der Waals surface area (Å²) in [7, 11) is 0. The summed E-state index contributed by atoms with van der Waals surface area (Å²) >= 11 is 1.42. The van der Waals surface area contributed by atoms with E-state index in [-0.39, 0.29) is 23.5 Å². The fourth-order valence-electron chi connectivity index (χ4n) is 4.29. The summed E-state index contributed by atoms with van der Waals surface area (Å²) in [5, 5.41) is 15.5. The van der Waals surface area contributed by atoms with Gasteiger partial charge in [0, 0.05) is 19.6 Å². The van der Waals surface area contributed by atoms with Crippen LogP contribution in [-0.4, -0.2) is 64.6 Å². The number of pyridine rings is 2. The average molecular weight is 452 g/mol. The number of anilines is 1. The second kappa shape index (κ2) is 8.85. The van der Waals surface area contributed by atoms with Crippen LogP contribution in [-0.2, 0) is 0 Å². The standard InChI is InChI=1S/C23H25N5O3S/c29-14-10-24-18-8-7-15-20(30)19(22(31)25-9-13-27-11-3-4-12-27)23-28(21(15)26-18)16-5-1-2-6-17(16)32-23/h1-2,5-8,29H,3-4,9-14H2,(H,24,26)(H,25,31). The maximum atomic E-state index is 13.4. The largest absolute Gasteiger partial charge is 0.395 e. The molecular weight excluding hydrogens is 426 g/mol. The van der Waals surface area contributed by atoms with Crippen LogP contribution in [0.15, 0.2) is 41.2 Å². The molecule has 1 amide bonds. The zero-order valence-corrected chi connectivity index (χ0v) is 18.5. The zero-order chi connectivity index (χ0) is 22.1. The van der Waals surface area contributed by atoms with Crippen LogP contribution in [0.2, 0.25) is 0 Å². The molecule has 0 aliphatic carbocycles. The number of aliphatic hydroxyl groups excluding tert-OH is 1. The Labute approximate surface area is 188 Å². The van der Waals surface area contributed by atoms with Crippen molar-refractivity contribution >= 4 is 49.1 Å². The smallest absolute Gasteiger partial charge is 0.258 e. The fraction of sp³-hybridized carbons (Fsp3) is 0.348. The Bertz CT molecular complexity index is 1360. The molecule has 1 aliphatic heterocycles. The Morgan fingerprint density at radius 3 is 2.75 bits per heavy atom. The number of aromatic nitrogens is 2. The maximum absolute atomic E-state index is 13.4. The first-order valence-corrected chi connectivity index (χ1v) is 11.7. The van der Waals surface area contributed by atoms with Gasteiger partial charge in [-0.15, -0.1) is 11.3 Å². The van der Waals surface area contributed by atoms with E-state index in [1.807, 2.05) is 28.7 Å². The molecule has 3 N–H and O–H groups in total. The van der Waals surface area contributed by atoms with Gasteiger partial charge in [-0.1, -0.05) is 12.1 Å². The van der Waals surface area contributed by atoms with Crippen LogP contribution < -0.4 is 16.1 Å². The lowest BCUT2D eigenvalue weighted by Crippen LogP contribution is -2.35. The van der Waals surface area contributed by atoms with Crippen molar-refractivity contribution in [3.8, 4) is 0 Å². The highest BCUT2D eigenvalue weighted by Gasteiger charge is 2.23. The van der Waals surface area contributed by atoms with Gasteiger partial charge < -0.3 is 20.6 Å². The number of carbonyl (C=O) groups is 1. The normalized spacial score (nSPS) is 14.5. The monoisotopic (exact) mass is 451 g/mol. The summed E-state index contributed by atoms with van der Waals surface area (Å²) in [5.74, 6) is 0.223. The number of para-hydroxylation sites is 1. The van der Waals surface area contributed by atoms with E-state index in [0.717, 1.165) is 29.9 Å². The number of rotatable bonds is 7. The molecule has 0 spiro atoms. The van der Waals surface area contributed by atoms with Gasteiger partial charge in [-0.2, -0.15) is 0 Å². The van der Waals surface area contributed by atoms with Crippen molar-refractivity contribution in [2.45, 2.75) is 12.8 Å². The molecule has 0 atom stereocenters. The minimum absolute atomic E-state index is 0.0208. The van der Waals surface area contributed by atoms with E-state index in [2.05, 4.69) is 20.5 Å². The van der Waals surface area contributed by atoms with Crippen LogP contribution in [0.25, 0.3) is 26.1 Å². The van der Waals surface area contributed by atoms with E-state index in [1.165, 1.54) is 24.2 Å². The lowest BCUT2D eigenvalue weighted by atomic mass is 10.1. The molecule has 32 heavy (non-hydrogen) atoms. The Morgan fingerprint density at radius 1 is 1.12 bits per heavy atom. The Morgan fingerprint density at radius 2 is 1.94 bits per heavy atom. The lowest BCUT2D eigenvalue weighted by Gasteiger charge is -2.15. The van der Waals surface area contributed by atoms with Gasteiger partial charge in [0.15, 0.2) is 5.65 Å². The highest BCUT2D eigenvalue weighted by atomic mass is 32.1. The number of likely N-dealkylation sites (tertiary alicyclic amines) is 1. The molecule has 4 heterocycles. The van der Waals surface area contributed by atoms with Crippen molar-refractivity contribution in [2.75, 3.05) is 44.6 Å². The molecule has 8 nitrogen and oxygen atoms in total. The van der Waals surface area contributed by atoms with Crippen molar-refractivity contribution < 1.29 is 9.90 Å². The van der Waals surface area contributed by atoms with Crippen LogP contribution in [0.4, 0.5) is 5.82 Å². The first kappa shape index (κ1) is 20.9. The number of fused-ring (bicyclic) bond motifs is 5. The molecule has 0 radical (unpaired) electrons. The van der Waals surface area contributed by atoms with Crippen LogP contribution >= 0.6 is 11.3 Å². The van der Waals surface area contributed by atoms with Gasteiger partial charge in [0.25, 0.3) is 5.91 Å². The summed E-state index contributed by atoms with van der Waals surface area (Å²) in [5.41, 5.74) is 1.25. The van der Waals surface area contributed by atoms with E-state index in [4.69, 9.17) is 5.11 Å². The van der Waals surface area contributed by atoms with E-state index < -0.39 is 0 Å². The van der Waals surface area contributed by atoms with Crippen molar-refractivity contribution in [2.24, 2.45) is 0 Å². The summed E-state index contributed by atoms with van der Waals surface area (Å²) in [6.45, 7) is 3.76. The number of nitrogens with one attached hydrogen (secondary N) is 2.